The van der Waals surface area contributed by atoms with E-state index in [1.165, 1.54) is 0 Å². The zero-order valence-electron chi connectivity index (χ0n) is 7.91. The highest BCUT2D eigenvalue weighted by atomic mass is 15.5. The minimum atomic E-state index is 0.322. The van der Waals surface area contributed by atoms with Gasteiger partial charge in [-0.2, -0.15) is 9.90 Å². The standard InChI is InChI=1S/C8H16N4/c1-8(2,3)4-5-12-10-6-7(9)11-12/h6H,4-5H2,1-3H3,(H2,9,11). The largest absolute Gasteiger partial charge is 0.381 e. The first-order chi connectivity index (χ1) is 5.47. The molecule has 1 heterocycles. The molecule has 1 rings (SSSR count). The predicted octanol–water partition coefficient (Wildman–Crippen LogP) is 1.30. The summed E-state index contributed by atoms with van der Waals surface area (Å²) < 4.78 is 0. The predicted molar refractivity (Wildman–Crippen MR) is 48.5 cm³/mol. The first kappa shape index (κ1) is 9.03. The molecule has 12 heavy (non-hydrogen) atoms. The summed E-state index contributed by atoms with van der Waals surface area (Å²) in [6, 6.07) is 0. The molecule has 0 radical (unpaired) electrons. The van der Waals surface area contributed by atoms with Gasteiger partial charge >= 0.3 is 0 Å². The van der Waals surface area contributed by atoms with Crippen molar-refractivity contribution in [1.82, 2.24) is 15.0 Å². The molecule has 0 fully saturated rings. The maximum atomic E-state index is 5.42. The van der Waals surface area contributed by atoms with Gasteiger partial charge in [-0.25, -0.2) is 0 Å². The summed E-state index contributed by atoms with van der Waals surface area (Å²) in [5, 5.41) is 8.00. The zero-order valence-corrected chi connectivity index (χ0v) is 7.91. The van der Waals surface area contributed by atoms with Crippen LogP contribution in [0.25, 0.3) is 0 Å². The molecule has 0 spiro atoms. The molecule has 0 amide bonds. The Balaban J connectivity index is 2.44. The summed E-state index contributed by atoms with van der Waals surface area (Å²) in [5.41, 5.74) is 5.75. The fourth-order valence-corrected chi connectivity index (χ4v) is 0.854. The van der Waals surface area contributed by atoms with Gasteiger partial charge in [0.25, 0.3) is 0 Å². The van der Waals surface area contributed by atoms with E-state index in [1.807, 2.05) is 0 Å². The number of anilines is 1. The monoisotopic (exact) mass is 168 g/mol. The van der Waals surface area contributed by atoms with Crippen molar-refractivity contribution in [3.8, 4) is 0 Å². The molecule has 0 aliphatic carbocycles. The van der Waals surface area contributed by atoms with Crippen LogP contribution in [0.5, 0.6) is 0 Å². The van der Waals surface area contributed by atoms with E-state index in [2.05, 4.69) is 31.0 Å². The second-order valence-corrected chi connectivity index (χ2v) is 4.18. The van der Waals surface area contributed by atoms with Gasteiger partial charge in [0.2, 0.25) is 0 Å². The lowest BCUT2D eigenvalue weighted by atomic mass is 9.92. The zero-order chi connectivity index (χ0) is 9.19. The number of hydrogen-bond donors (Lipinski definition) is 1. The van der Waals surface area contributed by atoms with Gasteiger partial charge in [-0.3, -0.25) is 0 Å². The van der Waals surface area contributed by atoms with Crippen LogP contribution in [-0.2, 0) is 6.54 Å². The summed E-state index contributed by atoms with van der Waals surface area (Å²) in [6.07, 6.45) is 2.63. The Kier molecular flexibility index (Phi) is 2.35. The van der Waals surface area contributed by atoms with Crippen LogP contribution < -0.4 is 5.73 Å². The molecular weight excluding hydrogens is 152 g/mol. The molecule has 0 saturated carbocycles. The van der Waals surface area contributed by atoms with Crippen LogP contribution in [0.1, 0.15) is 27.2 Å². The van der Waals surface area contributed by atoms with Crippen molar-refractivity contribution in [3.05, 3.63) is 6.20 Å². The van der Waals surface area contributed by atoms with Gasteiger partial charge in [0, 0.05) is 0 Å². The molecule has 2 N–H and O–H groups in total. The van der Waals surface area contributed by atoms with Gasteiger partial charge in [-0.15, -0.1) is 5.10 Å². The molecule has 1 aromatic heterocycles. The summed E-state index contributed by atoms with van der Waals surface area (Å²) in [6.45, 7) is 7.42. The normalized spacial score (nSPS) is 11.9. The van der Waals surface area contributed by atoms with Crippen molar-refractivity contribution in [2.75, 3.05) is 5.73 Å². The average molecular weight is 168 g/mol. The van der Waals surface area contributed by atoms with Gasteiger partial charge < -0.3 is 5.73 Å². The number of nitrogen functional groups attached to an aromatic ring is 1. The van der Waals surface area contributed by atoms with E-state index in [0.29, 0.717) is 11.2 Å². The highest BCUT2D eigenvalue weighted by Gasteiger charge is 2.10. The SMILES string of the molecule is CC(C)(C)CCn1ncc(N)n1. The molecule has 0 aliphatic rings. The summed E-state index contributed by atoms with van der Waals surface area (Å²) in [7, 11) is 0. The quantitative estimate of drug-likeness (QED) is 0.724. The van der Waals surface area contributed by atoms with Gasteiger partial charge in [0.05, 0.1) is 12.7 Å². The first-order valence-corrected chi connectivity index (χ1v) is 4.13. The van der Waals surface area contributed by atoms with Crippen LogP contribution in [0.3, 0.4) is 0 Å². The van der Waals surface area contributed by atoms with Crippen LogP contribution in [0.2, 0.25) is 0 Å². The second-order valence-electron chi connectivity index (χ2n) is 4.18. The fourth-order valence-electron chi connectivity index (χ4n) is 0.854. The minimum Gasteiger partial charge on any atom is -0.381 e. The highest BCUT2D eigenvalue weighted by molar-refractivity contribution is 5.19. The number of rotatable bonds is 2. The molecule has 0 bridgehead atoms. The summed E-state index contributed by atoms with van der Waals surface area (Å²) in [4.78, 5) is 1.64. The van der Waals surface area contributed by atoms with E-state index in [0.717, 1.165) is 13.0 Å². The maximum Gasteiger partial charge on any atom is 0.165 e. The number of hydrogen-bond acceptors (Lipinski definition) is 3. The van der Waals surface area contributed by atoms with E-state index in [9.17, 15) is 0 Å². The van der Waals surface area contributed by atoms with Crippen molar-refractivity contribution >= 4 is 5.82 Å². The third-order valence-electron chi connectivity index (χ3n) is 1.62. The Morgan fingerprint density at radius 1 is 1.50 bits per heavy atom. The molecule has 0 aliphatic heterocycles. The van der Waals surface area contributed by atoms with Crippen LogP contribution in [0, 0.1) is 5.41 Å². The van der Waals surface area contributed by atoms with Crippen molar-refractivity contribution in [2.45, 2.75) is 33.7 Å². The van der Waals surface area contributed by atoms with Crippen LogP contribution >= 0.6 is 0 Å². The van der Waals surface area contributed by atoms with Gasteiger partial charge in [0.1, 0.15) is 0 Å². The number of aromatic nitrogens is 3. The van der Waals surface area contributed by atoms with Gasteiger partial charge in [-0.1, -0.05) is 20.8 Å². The Morgan fingerprint density at radius 3 is 2.58 bits per heavy atom. The third kappa shape index (κ3) is 2.90. The fraction of sp³-hybridized carbons (Fsp3) is 0.750. The summed E-state index contributed by atoms with van der Waals surface area (Å²) in [5.74, 6) is 0.490. The Bertz CT molecular complexity index is 246. The van der Waals surface area contributed by atoms with E-state index < -0.39 is 0 Å². The topological polar surface area (TPSA) is 56.7 Å². The van der Waals surface area contributed by atoms with Crippen molar-refractivity contribution in [1.29, 1.82) is 0 Å². The molecule has 68 valence electrons. The number of aryl methyl sites for hydroxylation is 1. The molecule has 0 saturated heterocycles. The molecule has 0 aromatic carbocycles. The van der Waals surface area contributed by atoms with E-state index in [4.69, 9.17) is 5.73 Å². The van der Waals surface area contributed by atoms with E-state index in [1.54, 1.807) is 11.0 Å². The molecule has 0 atom stereocenters. The van der Waals surface area contributed by atoms with Crippen LogP contribution in [0.15, 0.2) is 6.20 Å². The molecular formula is C8H16N4. The smallest absolute Gasteiger partial charge is 0.165 e. The number of nitrogens with zero attached hydrogens (tertiary/aromatic N) is 3. The van der Waals surface area contributed by atoms with Gasteiger partial charge in [0.15, 0.2) is 5.82 Å². The van der Waals surface area contributed by atoms with Crippen molar-refractivity contribution < 1.29 is 0 Å². The first-order valence-electron chi connectivity index (χ1n) is 4.13. The van der Waals surface area contributed by atoms with Crippen LogP contribution in [0.4, 0.5) is 5.82 Å². The molecule has 4 heteroatoms. The van der Waals surface area contributed by atoms with Gasteiger partial charge in [-0.05, 0) is 11.8 Å². The third-order valence-corrected chi connectivity index (χ3v) is 1.62. The minimum absolute atomic E-state index is 0.322. The Labute approximate surface area is 72.8 Å². The second kappa shape index (κ2) is 3.13. The molecule has 0 unspecified atom stereocenters. The molecule has 4 nitrogen and oxygen atoms in total. The van der Waals surface area contributed by atoms with Crippen molar-refractivity contribution in [2.24, 2.45) is 5.41 Å². The lowest BCUT2D eigenvalue weighted by Gasteiger charge is -2.16. The lowest BCUT2D eigenvalue weighted by molar-refractivity contribution is 0.328. The Morgan fingerprint density at radius 2 is 2.17 bits per heavy atom. The van der Waals surface area contributed by atoms with E-state index in [-0.39, 0.29) is 0 Å². The highest BCUT2D eigenvalue weighted by Crippen LogP contribution is 2.18. The Hall–Kier alpha value is -1.06. The number of nitrogens with two attached hydrogens (primary N) is 1. The van der Waals surface area contributed by atoms with Crippen LogP contribution in [-0.4, -0.2) is 15.0 Å². The average Bonchev–Trinajstić information content (AvgIpc) is 2.30. The molecule has 1 aromatic rings. The maximum absolute atomic E-state index is 5.42. The lowest BCUT2D eigenvalue weighted by Crippen LogP contribution is -2.12. The summed E-state index contributed by atoms with van der Waals surface area (Å²) >= 11 is 0. The van der Waals surface area contributed by atoms with Crippen molar-refractivity contribution in [3.63, 3.8) is 0 Å². The van der Waals surface area contributed by atoms with E-state index >= 15 is 0 Å².